The average molecular weight is 423 g/mol. The maximum Gasteiger partial charge on any atom is 0.260 e. The maximum absolute atomic E-state index is 12.5. The van der Waals surface area contributed by atoms with Crippen molar-refractivity contribution >= 4 is 17.8 Å². The van der Waals surface area contributed by atoms with Crippen molar-refractivity contribution in [3.63, 3.8) is 0 Å². The standard InChI is InChI=1S/C24H25NO6/c1-28-21-14-17(15-22-24(21)30-13-12-29-22)4-9-20(26)18-5-7-19(8-6-18)31-16-23(27)25-10-2-3-11-25/h4-9,14-15H,2-3,10-13,16H2,1H3/b9-4+. The normalized spacial score (nSPS) is 15.2. The molecule has 0 saturated carbocycles. The largest absolute Gasteiger partial charge is 0.493 e. The van der Waals surface area contributed by atoms with E-state index in [1.807, 2.05) is 11.0 Å². The molecule has 0 radical (unpaired) electrons. The Morgan fingerprint density at radius 2 is 1.81 bits per heavy atom. The number of methoxy groups -OCH3 is 1. The summed E-state index contributed by atoms with van der Waals surface area (Å²) in [6.07, 6.45) is 5.31. The lowest BCUT2D eigenvalue weighted by Gasteiger charge is -2.20. The Kier molecular flexibility index (Phi) is 6.40. The second-order valence-corrected chi connectivity index (χ2v) is 7.35. The smallest absolute Gasteiger partial charge is 0.260 e. The molecule has 31 heavy (non-hydrogen) atoms. The summed E-state index contributed by atoms with van der Waals surface area (Å²) in [4.78, 5) is 26.4. The van der Waals surface area contributed by atoms with Crippen molar-refractivity contribution in [1.29, 1.82) is 0 Å². The van der Waals surface area contributed by atoms with Gasteiger partial charge in [0.25, 0.3) is 5.91 Å². The van der Waals surface area contributed by atoms with Gasteiger partial charge in [-0.2, -0.15) is 0 Å². The summed E-state index contributed by atoms with van der Waals surface area (Å²) >= 11 is 0. The van der Waals surface area contributed by atoms with Crippen LogP contribution in [0.5, 0.6) is 23.0 Å². The number of hydrogen-bond acceptors (Lipinski definition) is 6. The second-order valence-electron chi connectivity index (χ2n) is 7.35. The Balaban J connectivity index is 1.37. The molecule has 1 amide bonds. The van der Waals surface area contributed by atoms with E-state index in [1.165, 1.54) is 6.08 Å². The number of carbonyl (C=O) groups is 2. The van der Waals surface area contributed by atoms with Gasteiger partial charge in [0, 0.05) is 18.7 Å². The molecule has 0 N–H and O–H groups in total. The van der Waals surface area contributed by atoms with Crippen LogP contribution >= 0.6 is 0 Å². The van der Waals surface area contributed by atoms with Gasteiger partial charge in [0.15, 0.2) is 23.9 Å². The summed E-state index contributed by atoms with van der Waals surface area (Å²) in [5, 5.41) is 0. The zero-order chi connectivity index (χ0) is 21.6. The monoisotopic (exact) mass is 423 g/mol. The third kappa shape index (κ3) is 4.99. The highest BCUT2D eigenvalue weighted by Crippen LogP contribution is 2.40. The number of amides is 1. The first-order chi connectivity index (χ1) is 15.1. The molecule has 2 heterocycles. The molecular weight excluding hydrogens is 398 g/mol. The number of carbonyl (C=O) groups excluding carboxylic acids is 2. The topological polar surface area (TPSA) is 74.3 Å². The fourth-order valence-electron chi connectivity index (χ4n) is 3.58. The van der Waals surface area contributed by atoms with Crippen molar-refractivity contribution in [2.45, 2.75) is 12.8 Å². The number of fused-ring (bicyclic) bond motifs is 1. The van der Waals surface area contributed by atoms with E-state index in [0.29, 0.717) is 41.8 Å². The van der Waals surface area contributed by atoms with Crippen molar-refractivity contribution in [1.82, 2.24) is 4.90 Å². The first kappa shape index (κ1) is 20.8. The molecule has 7 heteroatoms. The lowest BCUT2D eigenvalue weighted by Crippen LogP contribution is -2.32. The number of hydrogen-bond donors (Lipinski definition) is 0. The van der Waals surface area contributed by atoms with Crippen molar-refractivity contribution in [3.8, 4) is 23.0 Å². The molecule has 0 spiro atoms. The van der Waals surface area contributed by atoms with Gasteiger partial charge in [-0.15, -0.1) is 0 Å². The zero-order valence-electron chi connectivity index (χ0n) is 17.5. The molecule has 0 aromatic heterocycles. The predicted octanol–water partition coefficient (Wildman–Crippen LogP) is 3.36. The number of rotatable bonds is 7. The van der Waals surface area contributed by atoms with E-state index in [4.69, 9.17) is 18.9 Å². The quantitative estimate of drug-likeness (QED) is 0.502. The van der Waals surface area contributed by atoms with Gasteiger partial charge < -0.3 is 23.8 Å². The molecule has 0 atom stereocenters. The molecule has 2 aliphatic heterocycles. The number of ketones is 1. The number of benzene rings is 2. The van der Waals surface area contributed by atoms with Gasteiger partial charge in [-0.05, 0) is 60.9 Å². The van der Waals surface area contributed by atoms with E-state index in [1.54, 1.807) is 43.5 Å². The van der Waals surface area contributed by atoms with Crippen LogP contribution in [0.2, 0.25) is 0 Å². The SMILES string of the molecule is COc1cc(/C=C/C(=O)c2ccc(OCC(=O)N3CCCC3)cc2)cc2c1OCCO2. The molecule has 4 rings (SSSR count). The van der Waals surface area contributed by atoms with Crippen LogP contribution in [0.3, 0.4) is 0 Å². The lowest BCUT2D eigenvalue weighted by molar-refractivity contribution is -0.132. The van der Waals surface area contributed by atoms with Gasteiger partial charge in [0.2, 0.25) is 5.75 Å². The highest BCUT2D eigenvalue weighted by molar-refractivity contribution is 6.06. The Hall–Kier alpha value is -3.48. The molecule has 1 saturated heterocycles. The molecule has 0 unspecified atom stereocenters. The van der Waals surface area contributed by atoms with E-state index in [2.05, 4.69) is 0 Å². The van der Waals surface area contributed by atoms with Crippen LogP contribution in [0.15, 0.2) is 42.5 Å². The molecule has 1 fully saturated rings. The van der Waals surface area contributed by atoms with Crippen LogP contribution < -0.4 is 18.9 Å². The average Bonchev–Trinajstić information content (AvgIpc) is 3.36. The van der Waals surface area contributed by atoms with Crippen LogP contribution in [-0.4, -0.2) is 56.6 Å². The molecule has 2 aromatic carbocycles. The van der Waals surface area contributed by atoms with E-state index < -0.39 is 0 Å². The molecule has 2 aromatic rings. The third-order valence-corrected chi connectivity index (χ3v) is 5.24. The van der Waals surface area contributed by atoms with Crippen molar-refractivity contribution in [3.05, 3.63) is 53.6 Å². The van der Waals surface area contributed by atoms with Crippen molar-refractivity contribution in [2.75, 3.05) is 40.0 Å². The van der Waals surface area contributed by atoms with E-state index in [-0.39, 0.29) is 18.3 Å². The summed E-state index contributed by atoms with van der Waals surface area (Å²) in [6, 6.07) is 10.4. The van der Waals surface area contributed by atoms with Gasteiger partial charge in [0.05, 0.1) is 7.11 Å². The van der Waals surface area contributed by atoms with Crippen LogP contribution in [0, 0.1) is 0 Å². The predicted molar refractivity (Wildman–Crippen MR) is 115 cm³/mol. The highest BCUT2D eigenvalue weighted by atomic mass is 16.6. The fraction of sp³-hybridized carbons (Fsp3) is 0.333. The van der Waals surface area contributed by atoms with Gasteiger partial charge in [-0.25, -0.2) is 0 Å². The summed E-state index contributed by atoms with van der Waals surface area (Å²) in [7, 11) is 1.56. The molecule has 162 valence electrons. The molecular formula is C24H25NO6. The minimum absolute atomic E-state index is 0.00422. The Morgan fingerprint density at radius 1 is 1.06 bits per heavy atom. The summed E-state index contributed by atoms with van der Waals surface area (Å²) in [5.74, 6) is 2.15. The van der Waals surface area contributed by atoms with Crippen LogP contribution in [0.25, 0.3) is 6.08 Å². The third-order valence-electron chi connectivity index (χ3n) is 5.24. The Bertz CT molecular complexity index is 959. The van der Waals surface area contributed by atoms with Crippen LogP contribution in [0.1, 0.15) is 28.8 Å². The number of likely N-dealkylation sites (tertiary alicyclic amines) is 1. The minimum atomic E-state index is -0.145. The van der Waals surface area contributed by atoms with Gasteiger partial charge in [0.1, 0.15) is 19.0 Å². The Morgan fingerprint density at radius 3 is 2.55 bits per heavy atom. The summed E-state index contributed by atoms with van der Waals surface area (Å²) in [6.45, 7) is 2.57. The minimum Gasteiger partial charge on any atom is -0.493 e. The van der Waals surface area contributed by atoms with Gasteiger partial charge in [-0.1, -0.05) is 6.08 Å². The maximum atomic E-state index is 12.5. The number of nitrogens with zero attached hydrogens (tertiary/aromatic N) is 1. The number of allylic oxidation sites excluding steroid dienone is 1. The van der Waals surface area contributed by atoms with E-state index in [9.17, 15) is 9.59 Å². The lowest BCUT2D eigenvalue weighted by atomic mass is 10.1. The second kappa shape index (κ2) is 9.55. The first-order valence-electron chi connectivity index (χ1n) is 10.3. The van der Waals surface area contributed by atoms with Crippen LogP contribution in [-0.2, 0) is 4.79 Å². The van der Waals surface area contributed by atoms with Gasteiger partial charge >= 0.3 is 0 Å². The van der Waals surface area contributed by atoms with Crippen molar-refractivity contribution < 1.29 is 28.5 Å². The first-order valence-corrected chi connectivity index (χ1v) is 10.3. The fourth-order valence-corrected chi connectivity index (χ4v) is 3.58. The molecule has 7 nitrogen and oxygen atoms in total. The molecule has 0 bridgehead atoms. The van der Waals surface area contributed by atoms with E-state index in [0.717, 1.165) is 31.5 Å². The highest BCUT2D eigenvalue weighted by Gasteiger charge is 2.19. The van der Waals surface area contributed by atoms with E-state index >= 15 is 0 Å². The summed E-state index contributed by atoms with van der Waals surface area (Å²) < 4.78 is 22.1. The Labute approximate surface area is 181 Å². The molecule has 2 aliphatic rings. The van der Waals surface area contributed by atoms with Crippen molar-refractivity contribution in [2.24, 2.45) is 0 Å². The van der Waals surface area contributed by atoms with Crippen LogP contribution in [0.4, 0.5) is 0 Å². The number of ether oxygens (including phenoxy) is 4. The summed E-state index contributed by atoms with van der Waals surface area (Å²) in [5.41, 5.74) is 1.30. The molecule has 0 aliphatic carbocycles. The zero-order valence-corrected chi connectivity index (χ0v) is 17.5. The van der Waals surface area contributed by atoms with Gasteiger partial charge in [-0.3, -0.25) is 9.59 Å².